The Morgan fingerprint density at radius 3 is 2.45 bits per heavy atom. The van der Waals surface area contributed by atoms with E-state index in [1.807, 2.05) is 30.3 Å². The minimum Gasteiger partial charge on any atom is -0.468 e. The van der Waals surface area contributed by atoms with Crippen LogP contribution in [-0.2, 0) is 27.9 Å². The molecule has 3 aromatic rings. The smallest absolute Gasteiger partial charge is 0.325 e. The van der Waals surface area contributed by atoms with E-state index in [-0.39, 0.29) is 18.4 Å². The number of amides is 1. The molecule has 2 aliphatic heterocycles. The summed E-state index contributed by atoms with van der Waals surface area (Å²) in [7, 11) is 3.45. The number of rotatable bonds is 5. The van der Waals surface area contributed by atoms with E-state index in [9.17, 15) is 9.59 Å². The Balaban J connectivity index is 1.37. The Bertz CT molecular complexity index is 1160. The van der Waals surface area contributed by atoms with Gasteiger partial charge in [-0.2, -0.15) is 0 Å². The van der Waals surface area contributed by atoms with Gasteiger partial charge in [-0.3, -0.25) is 14.5 Å². The van der Waals surface area contributed by atoms with Crippen LogP contribution in [0.5, 0.6) is 0 Å². The lowest BCUT2D eigenvalue weighted by molar-refractivity contribution is -0.146. The van der Waals surface area contributed by atoms with Gasteiger partial charge in [-0.05, 0) is 36.6 Å². The Kier molecular flexibility index (Phi) is 5.58. The summed E-state index contributed by atoms with van der Waals surface area (Å²) in [6.07, 6.45) is 3.66. The number of likely N-dealkylation sites (tertiary alicyclic amines) is 1. The number of para-hydroxylation sites is 2. The van der Waals surface area contributed by atoms with Crippen LogP contribution in [0, 0.1) is 0 Å². The number of anilines is 1. The van der Waals surface area contributed by atoms with Gasteiger partial charge in [0.05, 0.1) is 13.8 Å². The van der Waals surface area contributed by atoms with E-state index in [2.05, 4.69) is 51.9 Å². The average molecular weight is 447 g/mol. The van der Waals surface area contributed by atoms with Crippen molar-refractivity contribution in [1.82, 2.24) is 14.4 Å². The molecular formula is C26H30N4O3. The van der Waals surface area contributed by atoms with Gasteiger partial charge in [-0.15, -0.1) is 0 Å². The molecule has 7 nitrogen and oxygen atoms in total. The van der Waals surface area contributed by atoms with Crippen molar-refractivity contribution in [2.24, 2.45) is 7.05 Å². The van der Waals surface area contributed by atoms with E-state index in [0.29, 0.717) is 6.67 Å². The summed E-state index contributed by atoms with van der Waals surface area (Å²) in [6.45, 7) is 2.90. The van der Waals surface area contributed by atoms with Crippen molar-refractivity contribution in [2.45, 2.75) is 24.9 Å². The first-order valence-electron chi connectivity index (χ1n) is 11.5. The summed E-state index contributed by atoms with van der Waals surface area (Å²) in [5, 5.41) is 1.28. The number of carbonyl (C=O) groups is 2. The normalized spacial score (nSPS) is 18.4. The van der Waals surface area contributed by atoms with E-state index in [0.717, 1.165) is 38.2 Å². The SMILES string of the molecule is COC(=O)CN1CN(c2ccccc2)C2(CCN(Cc3cn(C)c4ccccc34)CC2)C1=O. The molecule has 2 saturated heterocycles. The Labute approximate surface area is 194 Å². The molecule has 0 radical (unpaired) electrons. The molecular weight excluding hydrogens is 416 g/mol. The van der Waals surface area contributed by atoms with E-state index >= 15 is 0 Å². The van der Waals surface area contributed by atoms with Crippen LogP contribution in [0.2, 0.25) is 0 Å². The standard InChI is InChI=1S/C26H30N4O3/c1-27-16-20(22-10-6-7-11-23(22)27)17-28-14-12-26(13-15-28)25(32)29(18-24(31)33-2)19-30(26)21-8-4-3-5-9-21/h3-11,16H,12-15,17-19H2,1-2H3. The van der Waals surface area contributed by atoms with Crippen molar-refractivity contribution >= 4 is 28.5 Å². The first-order chi connectivity index (χ1) is 16.0. The van der Waals surface area contributed by atoms with Crippen molar-refractivity contribution < 1.29 is 14.3 Å². The molecule has 2 aliphatic rings. The number of carbonyl (C=O) groups excluding carboxylic acids is 2. The fraction of sp³-hybridized carbons (Fsp3) is 0.385. The third-order valence-corrected chi connectivity index (χ3v) is 7.19. The zero-order valence-electron chi connectivity index (χ0n) is 19.2. The lowest BCUT2D eigenvalue weighted by Gasteiger charge is -2.43. The van der Waals surface area contributed by atoms with E-state index in [1.165, 1.54) is 23.6 Å². The van der Waals surface area contributed by atoms with Gasteiger partial charge in [0.25, 0.3) is 5.91 Å². The largest absolute Gasteiger partial charge is 0.468 e. The summed E-state index contributed by atoms with van der Waals surface area (Å²) in [5.74, 6) is -0.358. The van der Waals surface area contributed by atoms with Crippen molar-refractivity contribution in [3.8, 4) is 0 Å². The zero-order valence-corrected chi connectivity index (χ0v) is 19.2. The number of hydrogen-bond acceptors (Lipinski definition) is 5. The van der Waals surface area contributed by atoms with E-state index < -0.39 is 5.54 Å². The van der Waals surface area contributed by atoms with Crippen LogP contribution >= 0.6 is 0 Å². The predicted molar refractivity (Wildman–Crippen MR) is 128 cm³/mol. The van der Waals surface area contributed by atoms with Gasteiger partial charge in [0.15, 0.2) is 0 Å². The molecule has 2 fully saturated rings. The molecule has 0 atom stereocenters. The molecule has 0 saturated carbocycles. The third kappa shape index (κ3) is 3.76. The Morgan fingerprint density at radius 2 is 1.73 bits per heavy atom. The lowest BCUT2D eigenvalue weighted by Crippen LogP contribution is -2.56. The topological polar surface area (TPSA) is 58.0 Å². The second kappa shape index (κ2) is 8.56. The number of hydrogen-bond donors (Lipinski definition) is 0. The van der Waals surface area contributed by atoms with Gasteiger partial charge in [0.2, 0.25) is 0 Å². The van der Waals surface area contributed by atoms with Gasteiger partial charge < -0.3 is 19.1 Å². The molecule has 3 heterocycles. The molecule has 5 rings (SSSR count). The number of piperidine rings is 1. The lowest BCUT2D eigenvalue weighted by atomic mass is 9.85. The van der Waals surface area contributed by atoms with Crippen LogP contribution in [0.4, 0.5) is 5.69 Å². The highest BCUT2D eigenvalue weighted by molar-refractivity contribution is 5.95. The number of methoxy groups -OCH3 is 1. The highest BCUT2D eigenvalue weighted by atomic mass is 16.5. The van der Waals surface area contributed by atoms with Gasteiger partial charge in [0, 0.05) is 49.5 Å². The minimum atomic E-state index is -0.620. The average Bonchev–Trinajstić information content (AvgIpc) is 3.30. The van der Waals surface area contributed by atoms with Crippen LogP contribution in [0.3, 0.4) is 0 Å². The maximum absolute atomic E-state index is 13.6. The van der Waals surface area contributed by atoms with Crippen molar-refractivity contribution in [3.63, 3.8) is 0 Å². The van der Waals surface area contributed by atoms with Crippen LogP contribution in [0.25, 0.3) is 10.9 Å². The van der Waals surface area contributed by atoms with Gasteiger partial charge >= 0.3 is 5.97 Å². The number of fused-ring (bicyclic) bond motifs is 1. The number of aromatic nitrogens is 1. The molecule has 1 amide bonds. The van der Waals surface area contributed by atoms with Crippen LogP contribution < -0.4 is 4.90 Å². The fourth-order valence-corrected chi connectivity index (χ4v) is 5.42. The molecule has 1 spiro atoms. The summed E-state index contributed by atoms with van der Waals surface area (Å²) in [4.78, 5) is 31.8. The van der Waals surface area contributed by atoms with E-state index in [1.54, 1.807) is 4.90 Å². The third-order valence-electron chi connectivity index (χ3n) is 7.19. The van der Waals surface area contributed by atoms with Crippen molar-refractivity contribution in [1.29, 1.82) is 0 Å². The predicted octanol–water partition coefficient (Wildman–Crippen LogP) is 2.99. The van der Waals surface area contributed by atoms with Gasteiger partial charge in [0.1, 0.15) is 12.1 Å². The maximum Gasteiger partial charge on any atom is 0.325 e. The molecule has 1 aromatic heterocycles. The second-order valence-corrected chi connectivity index (χ2v) is 9.07. The highest BCUT2D eigenvalue weighted by Gasteiger charge is 2.54. The molecule has 0 unspecified atom stereocenters. The number of nitrogens with zero attached hydrogens (tertiary/aromatic N) is 4. The molecule has 0 bridgehead atoms. The Morgan fingerprint density at radius 1 is 1.03 bits per heavy atom. The first-order valence-corrected chi connectivity index (χ1v) is 11.5. The van der Waals surface area contributed by atoms with Crippen LogP contribution in [0.15, 0.2) is 60.8 Å². The summed E-state index contributed by atoms with van der Waals surface area (Å²) in [6, 6.07) is 18.5. The minimum absolute atomic E-state index is 0.0138. The molecule has 0 N–H and O–H groups in total. The Hall–Kier alpha value is -3.32. The van der Waals surface area contributed by atoms with E-state index in [4.69, 9.17) is 4.74 Å². The number of esters is 1. The maximum atomic E-state index is 13.6. The summed E-state index contributed by atoms with van der Waals surface area (Å²) in [5.41, 5.74) is 2.94. The number of aryl methyl sites for hydroxylation is 1. The van der Waals surface area contributed by atoms with Gasteiger partial charge in [-0.1, -0.05) is 36.4 Å². The van der Waals surface area contributed by atoms with Crippen molar-refractivity contribution in [3.05, 3.63) is 66.4 Å². The fourth-order valence-electron chi connectivity index (χ4n) is 5.42. The van der Waals surface area contributed by atoms with Crippen LogP contribution in [0.1, 0.15) is 18.4 Å². The number of ether oxygens (including phenoxy) is 1. The first kappa shape index (κ1) is 21.5. The van der Waals surface area contributed by atoms with Crippen LogP contribution in [-0.4, -0.2) is 65.2 Å². The summed E-state index contributed by atoms with van der Waals surface area (Å²) >= 11 is 0. The second-order valence-electron chi connectivity index (χ2n) is 9.07. The molecule has 33 heavy (non-hydrogen) atoms. The quantitative estimate of drug-likeness (QED) is 0.564. The molecule has 172 valence electrons. The highest BCUT2D eigenvalue weighted by Crippen LogP contribution is 2.40. The molecule has 2 aromatic carbocycles. The van der Waals surface area contributed by atoms with Gasteiger partial charge in [-0.25, -0.2) is 0 Å². The number of benzene rings is 2. The summed E-state index contributed by atoms with van der Waals surface area (Å²) < 4.78 is 7.02. The monoisotopic (exact) mass is 446 g/mol. The molecule has 7 heteroatoms. The zero-order chi connectivity index (χ0) is 23.0. The van der Waals surface area contributed by atoms with Crippen molar-refractivity contribution in [2.75, 3.05) is 38.3 Å². The molecule has 0 aliphatic carbocycles.